The Morgan fingerprint density at radius 2 is 2.23 bits per heavy atom. The van der Waals surface area contributed by atoms with Crippen molar-refractivity contribution >= 4 is 5.82 Å². The van der Waals surface area contributed by atoms with E-state index in [0.29, 0.717) is 23.9 Å². The average Bonchev–Trinajstić information content (AvgIpc) is 2.88. The Hall–Kier alpha value is -2.21. The molecule has 22 heavy (non-hydrogen) atoms. The van der Waals surface area contributed by atoms with Crippen LogP contribution in [-0.4, -0.2) is 36.2 Å². The molecule has 2 heterocycles. The molecule has 0 aliphatic carbocycles. The van der Waals surface area contributed by atoms with Crippen molar-refractivity contribution in [3.63, 3.8) is 0 Å². The van der Waals surface area contributed by atoms with Gasteiger partial charge in [0.25, 0.3) is 0 Å². The monoisotopic (exact) mass is 303 g/mol. The summed E-state index contributed by atoms with van der Waals surface area (Å²) >= 11 is 0. The van der Waals surface area contributed by atoms with Crippen molar-refractivity contribution in [2.45, 2.75) is 18.9 Å². The molecule has 0 radical (unpaired) electrons. The number of rotatable bonds is 4. The number of nitrogens with two attached hydrogens (primary N) is 1. The van der Waals surface area contributed by atoms with Crippen LogP contribution in [0.15, 0.2) is 24.4 Å². The number of benzene rings is 1. The third-order valence-electron chi connectivity index (χ3n) is 3.88. The van der Waals surface area contributed by atoms with Crippen molar-refractivity contribution in [3.8, 4) is 22.6 Å². The topological polar surface area (TPSA) is 71.5 Å². The highest BCUT2D eigenvalue weighted by Crippen LogP contribution is 2.41. The molecule has 0 amide bonds. The largest absolute Gasteiger partial charge is 0.493 e. The lowest BCUT2D eigenvalue weighted by molar-refractivity contribution is 0.00670. The van der Waals surface area contributed by atoms with Crippen LogP contribution in [-0.2, 0) is 11.8 Å². The van der Waals surface area contributed by atoms with Crippen LogP contribution in [0.4, 0.5) is 5.82 Å². The van der Waals surface area contributed by atoms with Gasteiger partial charge < -0.3 is 19.9 Å². The van der Waals surface area contributed by atoms with E-state index in [0.717, 1.165) is 30.6 Å². The maximum Gasteiger partial charge on any atom is 0.169 e. The zero-order chi connectivity index (χ0) is 15.5. The van der Waals surface area contributed by atoms with E-state index >= 15 is 0 Å². The van der Waals surface area contributed by atoms with Gasteiger partial charge >= 0.3 is 0 Å². The van der Waals surface area contributed by atoms with Gasteiger partial charge in [-0.15, -0.1) is 0 Å². The third kappa shape index (κ3) is 2.74. The summed E-state index contributed by atoms with van der Waals surface area (Å²) in [4.78, 5) is 0. The number of nitrogens with zero attached hydrogens (tertiary/aromatic N) is 2. The summed E-state index contributed by atoms with van der Waals surface area (Å²) in [6.07, 6.45) is 3.75. The van der Waals surface area contributed by atoms with Crippen LogP contribution < -0.4 is 15.2 Å². The highest BCUT2D eigenvalue weighted by Gasteiger charge is 2.22. The second-order valence-corrected chi connectivity index (χ2v) is 5.36. The van der Waals surface area contributed by atoms with Crippen molar-refractivity contribution in [3.05, 3.63) is 24.4 Å². The molecule has 1 atom stereocenters. The molecule has 2 aromatic rings. The number of hydrogen-bond donors (Lipinski definition) is 1. The Morgan fingerprint density at radius 1 is 1.36 bits per heavy atom. The van der Waals surface area contributed by atoms with Gasteiger partial charge in [0, 0.05) is 24.8 Å². The number of aromatic nitrogens is 2. The van der Waals surface area contributed by atoms with Crippen LogP contribution in [0.5, 0.6) is 11.5 Å². The van der Waals surface area contributed by atoms with E-state index in [1.807, 2.05) is 25.2 Å². The second-order valence-electron chi connectivity index (χ2n) is 5.36. The number of nitrogen functional groups attached to an aromatic ring is 1. The number of anilines is 1. The van der Waals surface area contributed by atoms with Crippen molar-refractivity contribution in [1.29, 1.82) is 0 Å². The molecule has 2 N–H and O–H groups in total. The number of ether oxygens (including phenoxy) is 3. The SMILES string of the molecule is COc1cccc(-c2cnn(C)c2N)c1OC1CCCOC1. The number of hydrogen-bond acceptors (Lipinski definition) is 5. The first kappa shape index (κ1) is 14.7. The van der Waals surface area contributed by atoms with E-state index in [4.69, 9.17) is 19.9 Å². The first-order valence-electron chi connectivity index (χ1n) is 7.40. The maximum atomic E-state index is 6.18. The fraction of sp³-hybridized carbons (Fsp3) is 0.438. The second kappa shape index (κ2) is 6.27. The fourth-order valence-electron chi connectivity index (χ4n) is 2.64. The van der Waals surface area contributed by atoms with E-state index in [-0.39, 0.29) is 6.10 Å². The van der Waals surface area contributed by atoms with Crippen molar-refractivity contribution in [1.82, 2.24) is 9.78 Å². The minimum atomic E-state index is 0.0293. The van der Waals surface area contributed by atoms with Crippen LogP contribution in [0.25, 0.3) is 11.1 Å². The summed E-state index contributed by atoms with van der Waals surface area (Å²) < 4.78 is 18.8. The molecule has 0 saturated carbocycles. The highest BCUT2D eigenvalue weighted by molar-refractivity contribution is 5.80. The van der Waals surface area contributed by atoms with Gasteiger partial charge in [-0.05, 0) is 18.9 Å². The van der Waals surface area contributed by atoms with Crippen LogP contribution in [0.3, 0.4) is 0 Å². The Bertz CT molecular complexity index is 648. The molecular formula is C16H21N3O3. The van der Waals surface area contributed by atoms with Crippen LogP contribution in [0.2, 0.25) is 0 Å². The van der Waals surface area contributed by atoms with E-state index in [1.165, 1.54) is 0 Å². The molecule has 1 aromatic heterocycles. The quantitative estimate of drug-likeness (QED) is 0.938. The zero-order valence-corrected chi connectivity index (χ0v) is 12.9. The summed E-state index contributed by atoms with van der Waals surface area (Å²) in [7, 11) is 3.45. The molecule has 1 saturated heterocycles. The number of aryl methyl sites for hydroxylation is 1. The lowest BCUT2D eigenvalue weighted by atomic mass is 10.1. The average molecular weight is 303 g/mol. The predicted octanol–water partition coefficient (Wildman–Crippen LogP) is 2.24. The Labute approximate surface area is 129 Å². The molecule has 1 fully saturated rings. The smallest absolute Gasteiger partial charge is 0.169 e. The molecule has 1 unspecified atom stereocenters. The van der Waals surface area contributed by atoms with Gasteiger partial charge in [-0.3, -0.25) is 4.68 Å². The third-order valence-corrected chi connectivity index (χ3v) is 3.88. The fourth-order valence-corrected chi connectivity index (χ4v) is 2.64. The van der Waals surface area contributed by atoms with Gasteiger partial charge in [-0.2, -0.15) is 5.10 Å². The van der Waals surface area contributed by atoms with E-state index in [2.05, 4.69) is 5.10 Å². The molecule has 0 spiro atoms. The van der Waals surface area contributed by atoms with E-state index in [1.54, 1.807) is 18.0 Å². The van der Waals surface area contributed by atoms with E-state index < -0.39 is 0 Å². The molecule has 1 aliphatic heterocycles. The summed E-state index contributed by atoms with van der Waals surface area (Å²) in [6, 6.07) is 5.77. The molecule has 3 rings (SSSR count). The normalized spacial score (nSPS) is 18.2. The van der Waals surface area contributed by atoms with Gasteiger partial charge in [-0.1, -0.05) is 12.1 Å². The lowest BCUT2D eigenvalue weighted by Gasteiger charge is -2.25. The summed E-state index contributed by atoms with van der Waals surface area (Å²) in [5, 5.41) is 4.21. The van der Waals surface area contributed by atoms with E-state index in [9.17, 15) is 0 Å². The highest BCUT2D eigenvalue weighted by atomic mass is 16.5. The lowest BCUT2D eigenvalue weighted by Crippen LogP contribution is -2.28. The Balaban J connectivity index is 2.00. The first-order valence-corrected chi connectivity index (χ1v) is 7.40. The van der Waals surface area contributed by atoms with Crippen LogP contribution in [0.1, 0.15) is 12.8 Å². The minimum Gasteiger partial charge on any atom is -0.493 e. The minimum absolute atomic E-state index is 0.0293. The first-order chi connectivity index (χ1) is 10.7. The van der Waals surface area contributed by atoms with Gasteiger partial charge in [0.15, 0.2) is 11.5 Å². The maximum absolute atomic E-state index is 6.18. The van der Waals surface area contributed by atoms with Crippen molar-refractivity contribution < 1.29 is 14.2 Å². The zero-order valence-electron chi connectivity index (χ0n) is 12.9. The molecule has 1 aromatic carbocycles. The summed E-state index contributed by atoms with van der Waals surface area (Å²) in [6.45, 7) is 1.40. The molecule has 6 heteroatoms. The molecular weight excluding hydrogens is 282 g/mol. The molecule has 118 valence electrons. The standard InChI is InChI=1S/C16H21N3O3/c1-19-16(17)13(9-18-19)12-6-3-7-14(20-2)15(12)22-11-5-4-8-21-10-11/h3,6-7,9,11H,4-5,8,10,17H2,1-2H3. The molecule has 6 nitrogen and oxygen atoms in total. The van der Waals surface area contributed by atoms with Gasteiger partial charge in [-0.25, -0.2) is 0 Å². The predicted molar refractivity (Wildman–Crippen MR) is 84.1 cm³/mol. The number of methoxy groups -OCH3 is 1. The van der Waals surface area contributed by atoms with Crippen molar-refractivity contribution in [2.75, 3.05) is 26.1 Å². The number of para-hydroxylation sites is 1. The van der Waals surface area contributed by atoms with Gasteiger partial charge in [0.2, 0.25) is 0 Å². The van der Waals surface area contributed by atoms with Crippen molar-refractivity contribution in [2.24, 2.45) is 7.05 Å². The Kier molecular flexibility index (Phi) is 4.20. The molecule has 0 bridgehead atoms. The van der Waals surface area contributed by atoms with Crippen LogP contribution in [0, 0.1) is 0 Å². The summed E-state index contributed by atoms with van der Waals surface area (Å²) in [5.74, 6) is 1.98. The summed E-state index contributed by atoms with van der Waals surface area (Å²) in [5.41, 5.74) is 7.83. The van der Waals surface area contributed by atoms with Gasteiger partial charge in [0.1, 0.15) is 11.9 Å². The van der Waals surface area contributed by atoms with Gasteiger partial charge in [0.05, 0.1) is 19.9 Å². The Morgan fingerprint density at radius 3 is 2.86 bits per heavy atom. The van der Waals surface area contributed by atoms with Crippen LogP contribution >= 0.6 is 0 Å². The molecule has 1 aliphatic rings.